The van der Waals surface area contributed by atoms with Crippen LogP contribution in [0.1, 0.15) is 12.5 Å². The maximum absolute atomic E-state index is 9.09. The first-order valence-corrected chi connectivity index (χ1v) is 5.38. The van der Waals surface area contributed by atoms with Crippen LogP contribution in [-0.4, -0.2) is 11.5 Å². The Morgan fingerprint density at radius 2 is 2.24 bits per heavy atom. The molecule has 2 rings (SSSR count). The molecule has 0 amide bonds. The van der Waals surface area contributed by atoms with Crippen LogP contribution in [0.3, 0.4) is 0 Å². The first kappa shape index (κ1) is 11.2. The highest BCUT2D eigenvalue weighted by atomic mass is 14.9. The highest BCUT2D eigenvalue weighted by Gasteiger charge is 2.07. The average molecular weight is 223 g/mol. The number of nitriles is 1. The van der Waals surface area contributed by atoms with Crippen molar-refractivity contribution >= 4 is 16.6 Å². The zero-order valence-electron chi connectivity index (χ0n) is 9.70. The molecule has 0 spiro atoms. The van der Waals surface area contributed by atoms with Crippen molar-refractivity contribution in [2.24, 2.45) is 0 Å². The average Bonchev–Trinajstić information content (AvgIpc) is 2.35. The van der Waals surface area contributed by atoms with Crippen molar-refractivity contribution in [3.05, 3.63) is 48.2 Å². The lowest BCUT2D eigenvalue weighted by Gasteiger charge is -2.10. The molecule has 0 radical (unpaired) electrons. The van der Waals surface area contributed by atoms with E-state index in [1.54, 1.807) is 6.20 Å². The minimum Gasteiger partial charge on any atom is -0.380 e. The molecule has 1 aromatic carbocycles. The second-order valence-corrected chi connectivity index (χ2v) is 3.99. The molecular weight excluding hydrogens is 210 g/mol. The van der Waals surface area contributed by atoms with Gasteiger partial charge in [0.2, 0.25) is 0 Å². The van der Waals surface area contributed by atoms with Gasteiger partial charge in [0.05, 0.1) is 16.8 Å². The minimum absolute atomic E-state index is 0.560. The number of aromatic nitrogens is 1. The molecule has 3 heteroatoms. The van der Waals surface area contributed by atoms with Gasteiger partial charge in [-0.25, -0.2) is 0 Å². The summed E-state index contributed by atoms with van der Waals surface area (Å²) in [4.78, 5) is 4.25. The summed E-state index contributed by atoms with van der Waals surface area (Å²) in [6.45, 7) is 6.45. The van der Waals surface area contributed by atoms with Crippen molar-refractivity contribution in [1.82, 2.24) is 4.98 Å². The zero-order chi connectivity index (χ0) is 12.3. The summed E-state index contributed by atoms with van der Waals surface area (Å²) in [5.41, 5.74) is 3.30. The van der Waals surface area contributed by atoms with Gasteiger partial charge in [0.1, 0.15) is 6.07 Å². The third-order valence-electron chi connectivity index (χ3n) is 2.46. The van der Waals surface area contributed by atoms with E-state index in [2.05, 4.69) is 22.9 Å². The van der Waals surface area contributed by atoms with Gasteiger partial charge in [0.15, 0.2) is 0 Å². The van der Waals surface area contributed by atoms with Crippen molar-refractivity contribution in [2.45, 2.75) is 6.92 Å². The zero-order valence-corrected chi connectivity index (χ0v) is 9.70. The van der Waals surface area contributed by atoms with Gasteiger partial charge in [-0.3, -0.25) is 4.98 Å². The van der Waals surface area contributed by atoms with E-state index in [0.717, 1.165) is 22.2 Å². The van der Waals surface area contributed by atoms with E-state index in [0.29, 0.717) is 12.1 Å². The fourth-order valence-electron chi connectivity index (χ4n) is 1.66. The Kier molecular flexibility index (Phi) is 3.06. The summed E-state index contributed by atoms with van der Waals surface area (Å²) in [6, 6.07) is 9.93. The van der Waals surface area contributed by atoms with Gasteiger partial charge in [0, 0.05) is 18.1 Å². The maximum atomic E-state index is 9.09. The molecule has 0 fully saturated rings. The Labute approximate surface area is 100 Å². The van der Waals surface area contributed by atoms with Gasteiger partial charge in [-0.15, -0.1) is 0 Å². The number of hydrogen-bond donors (Lipinski definition) is 1. The van der Waals surface area contributed by atoms with Crippen LogP contribution in [0.5, 0.6) is 0 Å². The molecule has 84 valence electrons. The van der Waals surface area contributed by atoms with Crippen LogP contribution >= 0.6 is 0 Å². The molecule has 1 heterocycles. The van der Waals surface area contributed by atoms with Crippen LogP contribution in [-0.2, 0) is 0 Å². The van der Waals surface area contributed by atoms with Crippen LogP contribution in [0.4, 0.5) is 5.69 Å². The molecule has 2 aromatic rings. The Morgan fingerprint density at radius 1 is 1.47 bits per heavy atom. The van der Waals surface area contributed by atoms with Crippen molar-refractivity contribution in [1.29, 1.82) is 5.26 Å². The standard InChI is InChI=1S/C14H13N3/c1-10(2)8-17-14-11(7-15)9-16-13-6-4-3-5-12(13)14/h3-6,9H,1,8H2,2H3,(H,16,17). The first-order valence-electron chi connectivity index (χ1n) is 5.38. The highest BCUT2D eigenvalue weighted by molar-refractivity contribution is 5.93. The molecule has 3 nitrogen and oxygen atoms in total. The number of anilines is 1. The molecule has 0 unspecified atom stereocenters. The number of pyridine rings is 1. The molecule has 0 bridgehead atoms. The number of para-hydroxylation sites is 1. The van der Waals surface area contributed by atoms with Crippen LogP contribution in [0.15, 0.2) is 42.6 Å². The fraction of sp³-hybridized carbons (Fsp3) is 0.143. The second-order valence-electron chi connectivity index (χ2n) is 3.99. The van der Waals surface area contributed by atoms with Crippen LogP contribution < -0.4 is 5.32 Å². The molecule has 0 aliphatic rings. The van der Waals surface area contributed by atoms with E-state index in [9.17, 15) is 0 Å². The Hall–Kier alpha value is -2.34. The summed E-state index contributed by atoms with van der Waals surface area (Å²) in [6.07, 6.45) is 1.60. The van der Waals surface area contributed by atoms with Crippen LogP contribution in [0.2, 0.25) is 0 Å². The smallest absolute Gasteiger partial charge is 0.103 e. The lowest BCUT2D eigenvalue weighted by atomic mass is 10.1. The van der Waals surface area contributed by atoms with E-state index in [-0.39, 0.29) is 0 Å². The Balaban J connectivity index is 2.55. The summed E-state index contributed by atoms with van der Waals surface area (Å²) in [5, 5.41) is 13.3. The monoisotopic (exact) mass is 223 g/mol. The highest BCUT2D eigenvalue weighted by Crippen LogP contribution is 2.25. The maximum Gasteiger partial charge on any atom is 0.103 e. The van der Waals surface area contributed by atoms with Gasteiger partial charge in [-0.2, -0.15) is 5.26 Å². The number of hydrogen-bond acceptors (Lipinski definition) is 3. The normalized spacial score (nSPS) is 9.88. The number of fused-ring (bicyclic) bond motifs is 1. The fourth-order valence-corrected chi connectivity index (χ4v) is 1.66. The van der Waals surface area contributed by atoms with E-state index >= 15 is 0 Å². The lowest BCUT2D eigenvalue weighted by Crippen LogP contribution is -2.04. The third kappa shape index (κ3) is 2.26. The quantitative estimate of drug-likeness (QED) is 0.813. The van der Waals surface area contributed by atoms with Crippen molar-refractivity contribution in [3.8, 4) is 6.07 Å². The van der Waals surface area contributed by atoms with Crippen molar-refractivity contribution < 1.29 is 0 Å². The molecule has 17 heavy (non-hydrogen) atoms. The topological polar surface area (TPSA) is 48.7 Å². The number of rotatable bonds is 3. The van der Waals surface area contributed by atoms with Crippen molar-refractivity contribution in [3.63, 3.8) is 0 Å². The predicted octanol–water partition coefficient (Wildman–Crippen LogP) is 3.09. The molecule has 0 saturated heterocycles. The molecule has 0 aliphatic heterocycles. The number of nitrogens with zero attached hydrogens (tertiary/aromatic N) is 2. The lowest BCUT2D eigenvalue weighted by molar-refractivity contribution is 1.21. The molecular formula is C14H13N3. The van der Waals surface area contributed by atoms with Crippen molar-refractivity contribution in [2.75, 3.05) is 11.9 Å². The number of benzene rings is 1. The summed E-state index contributed by atoms with van der Waals surface area (Å²) in [7, 11) is 0. The van der Waals surface area contributed by atoms with Crippen LogP contribution in [0, 0.1) is 11.3 Å². The predicted molar refractivity (Wildman–Crippen MR) is 69.8 cm³/mol. The van der Waals surface area contributed by atoms with Gasteiger partial charge in [-0.1, -0.05) is 30.4 Å². The van der Waals surface area contributed by atoms with Crippen LogP contribution in [0.25, 0.3) is 10.9 Å². The minimum atomic E-state index is 0.560. The Morgan fingerprint density at radius 3 is 2.94 bits per heavy atom. The van der Waals surface area contributed by atoms with Gasteiger partial charge in [-0.05, 0) is 13.0 Å². The third-order valence-corrected chi connectivity index (χ3v) is 2.46. The van der Waals surface area contributed by atoms with E-state index < -0.39 is 0 Å². The molecule has 1 N–H and O–H groups in total. The molecule has 0 atom stereocenters. The van der Waals surface area contributed by atoms with E-state index in [1.807, 2.05) is 31.2 Å². The largest absolute Gasteiger partial charge is 0.380 e. The van der Waals surface area contributed by atoms with E-state index in [4.69, 9.17) is 5.26 Å². The first-order chi connectivity index (χ1) is 8.22. The summed E-state index contributed by atoms with van der Waals surface area (Å²) < 4.78 is 0. The SMILES string of the molecule is C=C(C)CNc1c(C#N)cnc2ccccc12. The molecule has 1 aromatic heterocycles. The van der Waals surface area contributed by atoms with E-state index in [1.165, 1.54) is 0 Å². The molecule has 0 saturated carbocycles. The van der Waals surface area contributed by atoms with Gasteiger partial charge < -0.3 is 5.32 Å². The molecule has 0 aliphatic carbocycles. The summed E-state index contributed by atoms with van der Waals surface area (Å²) >= 11 is 0. The summed E-state index contributed by atoms with van der Waals surface area (Å²) in [5.74, 6) is 0. The number of nitrogens with one attached hydrogen (secondary N) is 1. The second kappa shape index (κ2) is 4.67. The van der Waals surface area contributed by atoms with Gasteiger partial charge in [0.25, 0.3) is 0 Å². The van der Waals surface area contributed by atoms with Gasteiger partial charge >= 0.3 is 0 Å². The Bertz CT molecular complexity index is 608.